The van der Waals surface area contributed by atoms with Gasteiger partial charge in [-0.1, -0.05) is 48.0 Å². The Morgan fingerprint density at radius 1 is 1.13 bits per heavy atom. The second-order valence-corrected chi connectivity index (χ2v) is 7.28. The van der Waals surface area contributed by atoms with Gasteiger partial charge in [0.15, 0.2) is 5.82 Å². The van der Waals surface area contributed by atoms with Gasteiger partial charge in [-0.2, -0.15) is 18.5 Å². The van der Waals surface area contributed by atoms with Gasteiger partial charge >= 0.3 is 0 Å². The lowest BCUT2D eigenvalue weighted by Crippen LogP contribution is -2.26. The zero-order chi connectivity index (χ0) is 20.5. The van der Waals surface area contributed by atoms with Gasteiger partial charge in [-0.3, -0.25) is 9.36 Å². The van der Waals surface area contributed by atoms with Gasteiger partial charge < -0.3 is 11.1 Å². The number of hydrogen-bond donors (Lipinski definition) is 2. The molecule has 2 aromatic heterocycles. The summed E-state index contributed by atoms with van der Waals surface area (Å²) in [5.41, 5.74) is 8.15. The molecule has 4 rings (SSSR count). The number of benzene rings is 2. The smallest absolute Gasteiger partial charge is 0.263 e. The molecule has 0 saturated heterocycles. The monoisotopic (exact) mass is 439 g/mol. The Morgan fingerprint density at radius 2 is 1.87 bits per heavy atom. The lowest BCUT2D eigenvalue weighted by atomic mass is 10.0. The zero-order valence-electron chi connectivity index (χ0n) is 16.6. The number of nitrogens with one attached hydrogen (secondary N) is 1. The molecular weight excluding hydrogens is 418 g/mol. The average Bonchev–Trinajstić information content (AvgIpc) is 2.71. The highest BCUT2D eigenvalue weighted by molar-refractivity contribution is 7.59. The molecule has 4 aromatic rings. The summed E-state index contributed by atoms with van der Waals surface area (Å²) in [6, 6.07) is 17.2. The molecule has 0 radical (unpaired) electrons. The van der Waals surface area contributed by atoms with E-state index in [1.165, 1.54) is 6.20 Å². The normalized spacial score (nSPS) is 11.7. The number of nitrogens with zero attached hydrogens (tertiary/aromatic N) is 3. The van der Waals surface area contributed by atoms with Crippen molar-refractivity contribution in [1.29, 1.82) is 0 Å². The van der Waals surface area contributed by atoms with Crippen molar-refractivity contribution < 1.29 is 0 Å². The Labute approximate surface area is 186 Å². The highest BCUT2D eigenvalue weighted by Gasteiger charge is 2.18. The third-order valence-electron chi connectivity index (χ3n) is 4.86. The van der Waals surface area contributed by atoms with E-state index in [0.29, 0.717) is 16.2 Å². The van der Waals surface area contributed by atoms with E-state index in [-0.39, 0.29) is 31.0 Å². The first-order chi connectivity index (χ1) is 14.0. The topological polar surface area (TPSA) is 85.8 Å². The summed E-state index contributed by atoms with van der Waals surface area (Å²) in [5, 5.41) is 5.21. The molecule has 6 nitrogen and oxygen atoms in total. The van der Waals surface area contributed by atoms with Crippen molar-refractivity contribution in [3.8, 4) is 5.69 Å². The Kier molecular flexibility index (Phi) is 6.34. The minimum absolute atomic E-state index is 0. The minimum Gasteiger partial charge on any atom is -0.368 e. The fourth-order valence-electron chi connectivity index (χ4n) is 3.48. The van der Waals surface area contributed by atoms with Crippen LogP contribution < -0.4 is 16.6 Å². The quantitative estimate of drug-likeness (QED) is 0.485. The van der Waals surface area contributed by atoms with E-state index in [1.807, 2.05) is 68.4 Å². The van der Waals surface area contributed by atoms with Crippen LogP contribution in [0.1, 0.15) is 24.2 Å². The van der Waals surface area contributed by atoms with Crippen LogP contribution in [0.15, 0.2) is 65.6 Å². The van der Waals surface area contributed by atoms with Crippen LogP contribution in [-0.2, 0) is 0 Å². The molecule has 0 fully saturated rings. The molecule has 0 aliphatic heterocycles. The number of fused-ring (bicyclic) bond motifs is 1. The standard InChI is InChI=1S/C22H20ClN5O.H2S/c1-13-7-6-8-15-11-18(14(2)26-20-17(23)12-25-22(24)27-20)28(21(29)19(13)15)16-9-4-3-5-10-16;/h3-12,14H,1-2H3,(H3,24,25,26,27);1H2/t14-;/m0./s1. The maximum atomic E-state index is 13.5. The Hall–Kier alpha value is -3.03. The maximum absolute atomic E-state index is 13.5. The van der Waals surface area contributed by atoms with Crippen molar-refractivity contribution in [1.82, 2.24) is 14.5 Å². The largest absolute Gasteiger partial charge is 0.368 e. The molecule has 8 heteroatoms. The summed E-state index contributed by atoms with van der Waals surface area (Å²) in [6.45, 7) is 3.90. The Morgan fingerprint density at radius 3 is 2.60 bits per heavy atom. The summed E-state index contributed by atoms with van der Waals surface area (Å²) in [7, 11) is 0. The molecule has 0 aliphatic carbocycles. The number of para-hydroxylation sites is 1. The van der Waals surface area contributed by atoms with Gasteiger partial charge in [0.2, 0.25) is 5.95 Å². The van der Waals surface area contributed by atoms with E-state index in [9.17, 15) is 4.79 Å². The van der Waals surface area contributed by atoms with Gasteiger partial charge in [0.05, 0.1) is 17.6 Å². The molecule has 154 valence electrons. The second-order valence-electron chi connectivity index (χ2n) is 6.88. The van der Waals surface area contributed by atoms with Gasteiger partial charge in [-0.25, -0.2) is 4.98 Å². The molecule has 3 N–H and O–H groups in total. The molecule has 30 heavy (non-hydrogen) atoms. The Balaban J connectivity index is 0.00000256. The van der Waals surface area contributed by atoms with Crippen LogP contribution in [0.2, 0.25) is 5.02 Å². The number of pyridine rings is 1. The van der Waals surface area contributed by atoms with E-state index in [0.717, 1.165) is 22.3 Å². The third kappa shape index (κ3) is 3.99. The van der Waals surface area contributed by atoms with Crippen LogP contribution in [0.4, 0.5) is 11.8 Å². The van der Waals surface area contributed by atoms with Gasteiger partial charge in [-0.15, -0.1) is 0 Å². The van der Waals surface area contributed by atoms with Crippen molar-refractivity contribution in [3.05, 3.63) is 87.4 Å². The van der Waals surface area contributed by atoms with Crippen LogP contribution >= 0.6 is 25.1 Å². The molecule has 0 amide bonds. The maximum Gasteiger partial charge on any atom is 0.263 e. The van der Waals surface area contributed by atoms with Crippen LogP contribution in [0.25, 0.3) is 16.5 Å². The lowest BCUT2D eigenvalue weighted by molar-refractivity contribution is 0.773. The lowest BCUT2D eigenvalue weighted by Gasteiger charge is -2.22. The summed E-state index contributed by atoms with van der Waals surface area (Å²) < 4.78 is 1.73. The van der Waals surface area contributed by atoms with Gasteiger partial charge in [0.1, 0.15) is 5.02 Å². The highest BCUT2D eigenvalue weighted by Crippen LogP contribution is 2.27. The van der Waals surface area contributed by atoms with Crippen molar-refractivity contribution in [2.75, 3.05) is 11.1 Å². The van der Waals surface area contributed by atoms with E-state index < -0.39 is 0 Å². The molecule has 1 atom stereocenters. The van der Waals surface area contributed by atoms with E-state index in [2.05, 4.69) is 15.3 Å². The summed E-state index contributed by atoms with van der Waals surface area (Å²) >= 11 is 6.22. The zero-order valence-corrected chi connectivity index (χ0v) is 18.3. The second kappa shape index (κ2) is 8.77. The summed E-state index contributed by atoms with van der Waals surface area (Å²) in [4.78, 5) is 21.6. The number of nitrogens with two attached hydrogens (primary N) is 1. The highest BCUT2D eigenvalue weighted by atomic mass is 35.5. The van der Waals surface area contributed by atoms with Crippen LogP contribution in [0, 0.1) is 6.92 Å². The summed E-state index contributed by atoms with van der Waals surface area (Å²) in [6.07, 6.45) is 1.45. The number of nitrogen functional groups attached to an aromatic ring is 1. The van der Waals surface area contributed by atoms with Crippen molar-refractivity contribution in [3.63, 3.8) is 0 Å². The molecule has 0 bridgehead atoms. The van der Waals surface area contributed by atoms with E-state index in [4.69, 9.17) is 17.3 Å². The molecule has 2 aromatic carbocycles. The third-order valence-corrected chi connectivity index (χ3v) is 5.13. The fourth-order valence-corrected chi connectivity index (χ4v) is 3.62. The number of halogens is 1. The van der Waals surface area contributed by atoms with Crippen LogP contribution in [0.3, 0.4) is 0 Å². The van der Waals surface area contributed by atoms with Gasteiger partial charge in [0, 0.05) is 11.4 Å². The predicted octanol–water partition coefficient (Wildman–Crippen LogP) is 4.61. The number of hydrogen-bond acceptors (Lipinski definition) is 5. The van der Waals surface area contributed by atoms with E-state index >= 15 is 0 Å². The predicted molar refractivity (Wildman–Crippen MR) is 128 cm³/mol. The van der Waals surface area contributed by atoms with Crippen LogP contribution in [0.5, 0.6) is 0 Å². The Bertz CT molecular complexity index is 1260. The molecule has 0 unspecified atom stereocenters. The van der Waals surface area contributed by atoms with Crippen LogP contribution in [-0.4, -0.2) is 14.5 Å². The fraction of sp³-hybridized carbons (Fsp3) is 0.136. The van der Waals surface area contributed by atoms with Crippen molar-refractivity contribution in [2.24, 2.45) is 0 Å². The SMILES string of the molecule is Cc1cccc2cc([C@H](C)Nc3nc(N)ncc3Cl)n(-c3ccccc3)c(=O)c12.S. The van der Waals surface area contributed by atoms with Crippen molar-refractivity contribution in [2.45, 2.75) is 19.9 Å². The molecule has 0 saturated carbocycles. The average molecular weight is 440 g/mol. The first-order valence-electron chi connectivity index (χ1n) is 9.21. The van der Waals surface area contributed by atoms with Crippen molar-refractivity contribution >= 4 is 47.6 Å². The molecule has 0 spiro atoms. The first-order valence-corrected chi connectivity index (χ1v) is 9.59. The number of anilines is 2. The number of aromatic nitrogens is 3. The number of rotatable bonds is 4. The van der Waals surface area contributed by atoms with Gasteiger partial charge in [-0.05, 0) is 43.0 Å². The van der Waals surface area contributed by atoms with E-state index in [1.54, 1.807) is 4.57 Å². The summed E-state index contributed by atoms with van der Waals surface area (Å²) in [5.74, 6) is 0.543. The minimum atomic E-state index is -0.278. The first kappa shape index (κ1) is 21.7. The molecule has 2 heterocycles. The molecular formula is C22H22ClN5OS. The van der Waals surface area contributed by atoms with Gasteiger partial charge in [0.25, 0.3) is 5.56 Å². The molecule has 0 aliphatic rings. The number of aryl methyl sites for hydroxylation is 1.